The summed E-state index contributed by atoms with van der Waals surface area (Å²) in [5.74, 6) is -0.756. The first-order chi connectivity index (χ1) is 16.3. The third-order valence-corrected chi connectivity index (χ3v) is 6.57. The van der Waals surface area contributed by atoms with Gasteiger partial charge in [0.25, 0.3) is 0 Å². The fourth-order valence-electron chi connectivity index (χ4n) is 4.71. The Kier molecular flexibility index (Phi) is 7.30. The Labute approximate surface area is 196 Å². The third kappa shape index (κ3) is 5.45. The quantitative estimate of drug-likeness (QED) is 0.657. The van der Waals surface area contributed by atoms with Crippen LogP contribution < -0.4 is 0 Å². The van der Waals surface area contributed by atoms with E-state index in [1.807, 2.05) is 0 Å². The zero-order chi connectivity index (χ0) is 24.3. The average Bonchev–Trinajstić information content (AvgIpc) is 3.19. The SMILES string of the molecule is CCOC(=O)N1CCN(C(=O)CN2CCC(Cn3c(C(F)(F)F)nc4ccccc43)CC2)CC1. The van der Waals surface area contributed by atoms with Crippen LogP contribution in [0.1, 0.15) is 25.6 Å². The summed E-state index contributed by atoms with van der Waals surface area (Å²) in [7, 11) is 0. The number of para-hydroxylation sites is 2. The van der Waals surface area contributed by atoms with E-state index in [9.17, 15) is 22.8 Å². The van der Waals surface area contributed by atoms with Crippen LogP contribution in [0.5, 0.6) is 0 Å². The van der Waals surface area contributed by atoms with Gasteiger partial charge in [-0.25, -0.2) is 9.78 Å². The predicted molar refractivity (Wildman–Crippen MR) is 119 cm³/mol. The number of nitrogens with zero attached hydrogens (tertiary/aromatic N) is 5. The Morgan fingerprint density at radius 1 is 1.03 bits per heavy atom. The number of piperidine rings is 1. The van der Waals surface area contributed by atoms with Gasteiger partial charge in [-0.05, 0) is 50.9 Å². The lowest BCUT2D eigenvalue weighted by atomic mass is 9.96. The van der Waals surface area contributed by atoms with Crippen LogP contribution in [0.3, 0.4) is 0 Å². The molecule has 0 unspecified atom stereocenters. The van der Waals surface area contributed by atoms with Gasteiger partial charge in [0.05, 0.1) is 24.2 Å². The monoisotopic (exact) mass is 481 g/mol. The number of carbonyl (C=O) groups excluding carboxylic acids is 2. The van der Waals surface area contributed by atoms with Crippen molar-refractivity contribution in [3.8, 4) is 0 Å². The van der Waals surface area contributed by atoms with Gasteiger partial charge < -0.3 is 19.1 Å². The Bertz CT molecular complexity index is 1010. The molecule has 0 atom stereocenters. The molecule has 3 heterocycles. The van der Waals surface area contributed by atoms with Gasteiger partial charge in [-0.1, -0.05) is 12.1 Å². The number of imidazole rings is 1. The normalized spacial score (nSPS) is 18.5. The number of hydrogen-bond acceptors (Lipinski definition) is 5. The van der Waals surface area contributed by atoms with Crippen molar-refractivity contribution >= 4 is 23.0 Å². The molecule has 186 valence electrons. The number of aromatic nitrogens is 2. The van der Waals surface area contributed by atoms with Gasteiger partial charge in [0, 0.05) is 32.7 Å². The van der Waals surface area contributed by atoms with E-state index in [0.717, 1.165) is 0 Å². The Morgan fingerprint density at radius 3 is 2.32 bits per heavy atom. The maximum atomic E-state index is 13.6. The van der Waals surface area contributed by atoms with Crippen molar-refractivity contribution in [3.05, 3.63) is 30.1 Å². The smallest absolute Gasteiger partial charge is 0.449 e. The summed E-state index contributed by atoms with van der Waals surface area (Å²) in [6, 6.07) is 6.68. The molecular weight excluding hydrogens is 451 g/mol. The molecule has 0 radical (unpaired) electrons. The van der Waals surface area contributed by atoms with Gasteiger partial charge >= 0.3 is 12.3 Å². The van der Waals surface area contributed by atoms with E-state index in [1.54, 1.807) is 41.0 Å². The van der Waals surface area contributed by atoms with Crippen molar-refractivity contribution in [2.75, 3.05) is 52.4 Å². The van der Waals surface area contributed by atoms with Crippen molar-refractivity contribution < 1.29 is 27.5 Å². The largest absolute Gasteiger partial charge is 0.450 e. The third-order valence-electron chi connectivity index (χ3n) is 6.57. The standard InChI is InChI=1S/C23H30F3N5O3/c1-2-34-22(33)30-13-11-29(12-14-30)20(32)16-28-9-7-17(8-10-28)15-31-19-6-4-3-5-18(19)27-21(31)23(24,25)26/h3-6,17H,2,7-16H2,1H3. The van der Waals surface area contributed by atoms with E-state index < -0.39 is 12.0 Å². The number of ether oxygens (including phenoxy) is 1. The maximum absolute atomic E-state index is 13.6. The highest BCUT2D eigenvalue weighted by molar-refractivity contribution is 5.79. The maximum Gasteiger partial charge on any atom is 0.449 e. The number of fused-ring (bicyclic) bond motifs is 1. The topological polar surface area (TPSA) is 70.9 Å². The van der Waals surface area contributed by atoms with Gasteiger partial charge in [-0.3, -0.25) is 9.69 Å². The minimum Gasteiger partial charge on any atom is -0.450 e. The second-order valence-electron chi connectivity index (χ2n) is 8.82. The summed E-state index contributed by atoms with van der Waals surface area (Å²) in [5, 5.41) is 0. The van der Waals surface area contributed by atoms with Crippen molar-refractivity contribution in [2.24, 2.45) is 5.92 Å². The number of rotatable bonds is 5. The number of benzene rings is 1. The number of likely N-dealkylation sites (tertiary alicyclic amines) is 1. The molecule has 11 heteroatoms. The molecule has 0 bridgehead atoms. The van der Waals surface area contributed by atoms with E-state index in [0.29, 0.717) is 69.8 Å². The second kappa shape index (κ2) is 10.2. The molecular formula is C23H30F3N5O3. The summed E-state index contributed by atoms with van der Waals surface area (Å²) >= 11 is 0. The number of alkyl halides is 3. The Hall–Kier alpha value is -2.82. The highest BCUT2D eigenvalue weighted by Crippen LogP contribution is 2.33. The van der Waals surface area contributed by atoms with Gasteiger partial charge in [0.2, 0.25) is 11.7 Å². The van der Waals surface area contributed by atoms with Gasteiger partial charge in [-0.15, -0.1) is 0 Å². The van der Waals surface area contributed by atoms with Crippen LogP contribution in [-0.4, -0.2) is 88.7 Å². The molecule has 0 aliphatic carbocycles. The Morgan fingerprint density at radius 2 is 1.68 bits per heavy atom. The molecule has 8 nitrogen and oxygen atoms in total. The second-order valence-corrected chi connectivity index (χ2v) is 8.82. The minimum absolute atomic E-state index is 0.0157. The lowest BCUT2D eigenvalue weighted by molar-refractivity contribution is -0.147. The van der Waals surface area contributed by atoms with Gasteiger partial charge in [-0.2, -0.15) is 13.2 Å². The van der Waals surface area contributed by atoms with Crippen LogP contribution in [0.4, 0.5) is 18.0 Å². The van der Waals surface area contributed by atoms with E-state index in [4.69, 9.17) is 4.74 Å². The fourth-order valence-corrected chi connectivity index (χ4v) is 4.71. The molecule has 2 aliphatic rings. The fraction of sp³-hybridized carbons (Fsp3) is 0.609. The van der Waals surface area contributed by atoms with E-state index in [2.05, 4.69) is 9.88 Å². The van der Waals surface area contributed by atoms with Crippen LogP contribution in [0.25, 0.3) is 11.0 Å². The average molecular weight is 482 g/mol. The van der Waals surface area contributed by atoms with Gasteiger partial charge in [0.15, 0.2) is 0 Å². The summed E-state index contributed by atoms with van der Waals surface area (Å²) < 4.78 is 47.0. The minimum atomic E-state index is -4.51. The highest BCUT2D eigenvalue weighted by Gasteiger charge is 2.38. The van der Waals surface area contributed by atoms with Crippen LogP contribution in [0.2, 0.25) is 0 Å². The molecule has 34 heavy (non-hydrogen) atoms. The van der Waals surface area contributed by atoms with Crippen LogP contribution >= 0.6 is 0 Å². The molecule has 2 fully saturated rings. The molecule has 2 saturated heterocycles. The van der Waals surface area contributed by atoms with Crippen molar-refractivity contribution in [3.63, 3.8) is 0 Å². The number of amides is 2. The Balaban J connectivity index is 1.29. The number of halogens is 3. The molecule has 2 aliphatic heterocycles. The molecule has 0 spiro atoms. The first-order valence-corrected chi connectivity index (χ1v) is 11.7. The van der Waals surface area contributed by atoms with E-state index >= 15 is 0 Å². The van der Waals surface area contributed by atoms with Crippen LogP contribution in [0.15, 0.2) is 24.3 Å². The summed E-state index contributed by atoms with van der Waals surface area (Å²) in [6.45, 7) is 5.79. The molecule has 1 aromatic heterocycles. The number of piperazine rings is 1. The van der Waals surface area contributed by atoms with Gasteiger partial charge in [0.1, 0.15) is 0 Å². The van der Waals surface area contributed by atoms with Crippen molar-refractivity contribution in [1.82, 2.24) is 24.3 Å². The number of carbonyl (C=O) groups is 2. The first-order valence-electron chi connectivity index (χ1n) is 11.7. The molecule has 0 N–H and O–H groups in total. The van der Waals surface area contributed by atoms with E-state index in [1.165, 1.54) is 4.57 Å². The zero-order valence-corrected chi connectivity index (χ0v) is 19.3. The summed E-state index contributed by atoms with van der Waals surface area (Å²) in [5.41, 5.74) is 0.843. The summed E-state index contributed by atoms with van der Waals surface area (Å²) in [6.07, 6.45) is -3.43. The van der Waals surface area contributed by atoms with Crippen LogP contribution in [0, 0.1) is 5.92 Å². The lowest BCUT2D eigenvalue weighted by Gasteiger charge is -2.36. The molecule has 1 aromatic carbocycles. The first kappa shape index (κ1) is 24.3. The zero-order valence-electron chi connectivity index (χ0n) is 19.3. The molecule has 4 rings (SSSR count). The predicted octanol–water partition coefficient (Wildman–Crippen LogP) is 3.07. The number of hydrogen-bond donors (Lipinski definition) is 0. The summed E-state index contributed by atoms with van der Waals surface area (Å²) in [4.78, 5) is 33.8. The lowest BCUT2D eigenvalue weighted by Crippen LogP contribution is -2.53. The van der Waals surface area contributed by atoms with Crippen molar-refractivity contribution in [1.29, 1.82) is 0 Å². The van der Waals surface area contributed by atoms with Crippen molar-refractivity contribution in [2.45, 2.75) is 32.5 Å². The van der Waals surface area contributed by atoms with Crippen LogP contribution in [-0.2, 0) is 22.3 Å². The van der Waals surface area contributed by atoms with E-state index in [-0.39, 0.29) is 31.0 Å². The highest BCUT2D eigenvalue weighted by atomic mass is 19.4. The molecule has 2 aromatic rings. The molecule has 0 saturated carbocycles. The molecule has 2 amide bonds.